The van der Waals surface area contributed by atoms with Crippen molar-refractivity contribution in [2.75, 3.05) is 11.4 Å². The van der Waals surface area contributed by atoms with Gasteiger partial charge >= 0.3 is 5.97 Å². The topological polar surface area (TPSA) is 74.7 Å². The lowest BCUT2D eigenvalue weighted by Gasteiger charge is -2.17. The van der Waals surface area contributed by atoms with Crippen molar-refractivity contribution in [3.05, 3.63) is 29.3 Å². The van der Waals surface area contributed by atoms with Crippen molar-refractivity contribution in [3.8, 4) is 0 Å². The number of ketones is 1. The Labute approximate surface area is 99.6 Å². The third-order valence-electron chi connectivity index (χ3n) is 2.52. The van der Waals surface area contributed by atoms with Crippen LogP contribution in [0.4, 0.5) is 14.5 Å². The van der Waals surface area contributed by atoms with Crippen molar-refractivity contribution >= 4 is 23.3 Å². The van der Waals surface area contributed by atoms with Gasteiger partial charge in [-0.1, -0.05) is 0 Å². The molecule has 1 N–H and O–H groups in total. The summed E-state index contributed by atoms with van der Waals surface area (Å²) in [5, 5.41) is 8.86. The molecule has 1 aliphatic rings. The zero-order valence-electron chi connectivity index (χ0n) is 8.94. The van der Waals surface area contributed by atoms with E-state index in [0.29, 0.717) is 6.07 Å². The molecule has 94 valence electrons. The zero-order chi connectivity index (χ0) is 13.4. The molecule has 0 atom stereocenters. The summed E-state index contributed by atoms with van der Waals surface area (Å²) in [5.41, 5.74) is -1.25. The van der Waals surface area contributed by atoms with Gasteiger partial charge in [-0.2, -0.15) is 0 Å². The summed E-state index contributed by atoms with van der Waals surface area (Å²) in [5.74, 6) is -5.03. The van der Waals surface area contributed by atoms with Gasteiger partial charge in [-0.25, -0.2) is 13.6 Å². The van der Waals surface area contributed by atoms with Crippen LogP contribution in [-0.2, 0) is 9.59 Å². The second kappa shape index (κ2) is 4.17. The summed E-state index contributed by atoms with van der Waals surface area (Å²) < 4.78 is 26.5. The van der Waals surface area contributed by atoms with Gasteiger partial charge < -0.3 is 10.0 Å². The molecule has 0 bridgehead atoms. The smallest absolute Gasteiger partial charge is 0.340 e. The van der Waals surface area contributed by atoms with E-state index in [2.05, 4.69) is 0 Å². The Hall–Kier alpha value is -2.31. The zero-order valence-corrected chi connectivity index (χ0v) is 8.94. The number of hydrogen-bond donors (Lipinski definition) is 1. The second-order valence-electron chi connectivity index (χ2n) is 3.78. The number of halogens is 2. The van der Waals surface area contributed by atoms with Gasteiger partial charge in [-0.3, -0.25) is 9.59 Å². The summed E-state index contributed by atoms with van der Waals surface area (Å²) >= 11 is 0. The fourth-order valence-corrected chi connectivity index (χ4v) is 1.79. The second-order valence-corrected chi connectivity index (χ2v) is 3.78. The van der Waals surface area contributed by atoms with Crippen LogP contribution < -0.4 is 4.90 Å². The Morgan fingerprint density at radius 1 is 1.28 bits per heavy atom. The fourth-order valence-electron chi connectivity index (χ4n) is 1.79. The van der Waals surface area contributed by atoms with Crippen LogP contribution in [0.5, 0.6) is 0 Å². The molecule has 1 amide bonds. The maximum Gasteiger partial charge on any atom is 0.340 e. The van der Waals surface area contributed by atoms with Crippen LogP contribution in [0.2, 0.25) is 0 Å². The quantitative estimate of drug-likeness (QED) is 0.799. The Bertz CT molecular complexity index is 570. The Kier molecular flexibility index (Phi) is 2.82. The van der Waals surface area contributed by atoms with Gasteiger partial charge in [0, 0.05) is 6.07 Å². The van der Waals surface area contributed by atoms with E-state index in [4.69, 9.17) is 5.11 Å². The molecule has 0 aliphatic carbocycles. The van der Waals surface area contributed by atoms with Crippen LogP contribution in [0.15, 0.2) is 12.1 Å². The number of hydrogen-bond acceptors (Lipinski definition) is 3. The number of amides is 1. The van der Waals surface area contributed by atoms with E-state index in [1.807, 2.05) is 0 Å². The molecule has 1 heterocycles. The summed E-state index contributed by atoms with van der Waals surface area (Å²) in [6, 6.07) is 1.14. The number of anilines is 1. The lowest BCUT2D eigenvalue weighted by Crippen LogP contribution is -2.27. The normalized spacial score (nSPS) is 15.3. The highest BCUT2D eigenvalue weighted by molar-refractivity contribution is 6.16. The van der Waals surface area contributed by atoms with Crippen molar-refractivity contribution in [2.45, 2.75) is 6.42 Å². The maximum absolute atomic E-state index is 13.4. The number of Topliss-reactive ketones (excluding diaryl/α,β-unsaturated/α-hetero) is 1. The van der Waals surface area contributed by atoms with Gasteiger partial charge in [-0.05, 0) is 6.07 Å². The van der Waals surface area contributed by atoms with Crippen molar-refractivity contribution in [1.82, 2.24) is 0 Å². The highest BCUT2D eigenvalue weighted by Crippen LogP contribution is 2.27. The van der Waals surface area contributed by atoms with Crippen molar-refractivity contribution in [1.29, 1.82) is 0 Å². The van der Waals surface area contributed by atoms with Crippen molar-refractivity contribution < 1.29 is 28.3 Å². The van der Waals surface area contributed by atoms with Crippen LogP contribution >= 0.6 is 0 Å². The number of nitrogens with zero attached hydrogens (tertiary/aromatic N) is 1. The Morgan fingerprint density at radius 3 is 2.44 bits per heavy atom. The van der Waals surface area contributed by atoms with Gasteiger partial charge in [0.1, 0.15) is 17.2 Å². The van der Waals surface area contributed by atoms with E-state index in [0.717, 1.165) is 11.0 Å². The highest BCUT2D eigenvalue weighted by Gasteiger charge is 2.33. The molecule has 0 radical (unpaired) electrons. The minimum atomic E-state index is -1.63. The summed E-state index contributed by atoms with van der Waals surface area (Å²) in [6.45, 7) is -0.373. The van der Waals surface area contributed by atoms with E-state index in [-0.39, 0.29) is 6.54 Å². The number of rotatable bonds is 2. The number of carboxylic acid groups (broad SMARTS) is 1. The molecular weight excluding hydrogens is 248 g/mol. The number of carboxylic acids is 1. The molecule has 1 aromatic carbocycles. The van der Waals surface area contributed by atoms with Crippen LogP contribution in [-0.4, -0.2) is 29.3 Å². The predicted octanol–water partition coefficient (Wildman–Crippen LogP) is 0.969. The van der Waals surface area contributed by atoms with Gasteiger partial charge in [0.05, 0.1) is 18.7 Å². The largest absolute Gasteiger partial charge is 0.478 e. The van der Waals surface area contributed by atoms with Gasteiger partial charge in [0.15, 0.2) is 5.78 Å². The molecule has 1 aromatic rings. The number of carbonyl (C=O) groups excluding carboxylic acids is 2. The maximum atomic E-state index is 13.4. The third kappa shape index (κ3) is 1.94. The molecule has 0 spiro atoms. The molecule has 5 nitrogen and oxygen atoms in total. The first-order valence-electron chi connectivity index (χ1n) is 4.94. The fraction of sp³-hybridized carbons (Fsp3) is 0.182. The first-order valence-corrected chi connectivity index (χ1v) is 4.94. The average molecular weight is 255 g/mol. The molecule has 1 aliphatic heterocycles. The molecule has 7 heteroatoms. The van der Waals surface area contributed by atoms with Crippen LogP contribution in [0.3, 0.4) is 0 Å². The van der Waals surface area contributed by atoms with Crippen molar-refractivity contribution in [3.63, 3.8) is 0 Å². The Balaban J connectivity index is 2.59. The SMILES string of the molecule is O=C1CC(=O)N(c2cc(F)cc(F)c2C(=O)O)C1. The van der Waals surface area contributed by atoms with Gasteiger partial charge in [0.2, 0.25) is 5.91 Å². The summed E-state index contributed by atoms with van der Waals surface area (Å²) in [4.78, 5) is 34.2. The van der Waals surface area contributed by atoms with Crippen LogP contribution in [0.25, 0.3) is 0 Å². The standard InChI is InChI=1S/C11H7F2NO4/c12-5-1-7(13)10(11(17)18)8(2-5)14-4-6(15)3-9(14)16/h1-2H,3-4H2,(H,17,18). The number of benzene rings is 1. The minimum Gasteiger partial charge on any atom is -0.478 e. The van der Waals surface area contributed by atoms with Crippen LogP contribution in [0.1, 0.15) is 16.8 Å². The van der Waals surface area contributed by atoms with E-state index in [1.165, 1.54) is 0 Å². The highest BCUT2D eigenvalue weighted by atomic mass is 19.1. The predicted molar refractivity (Wildman–Crippen MR) is 55.3 cm³/mol. The third-order valence-corrected chi connectivity index (χ3v) is 2.52. The van der Waals surface area contributed by atoms with E-state index in [1.54, 1.807) is 0 Å². The molecule has 2 rings (SSSR count). The molecule has 0 aromatic heterocycles. The summed E-state index contributed by atoms with van der Waals surface area (Å²) in [7, 11) is 0. The molecule has 1 saturated heterocycles. The molecule has 1 fully saturated rings. The minimum absolute atomic E-state index is 0.373. The molecule has 18 heavy (non-hydrogen) atoms. The molecule has 0 unspecified atom stereocenters. The molecule has 0 saturated carbocycles. The monoisotopic (exact) mass is 255 g/mol. The van der Waals surface area contributed by atoms with Crippen LogP contribution in [0, 0.1) is 11.6 Å². The first kappa shape index (κ1) is 12.2. The van der Waals surface area contributed by atoms with E-state index in [9.17, 15) is 23.2 Å². The average Bonchev–Trinajstić information content (AvgIpc) is 2.55. The lowest BCUT2D eigenvalue weighted by atomic mass is 10.1. The van der Waals surface area contributed by atoms with Crippen molar-refractivity contribution in [2.24, 2.45) is 0 Å². The summed E-state index contributed by atoms with van der Waals surface area (Å²) in [6.07, 6.45) is -0.392. The number of carbonyl (C=O) groups is 3. The van der Waals surface area contributed by atoms with Gasteiger partial charge in [0.25, 0.3) is 0 Å². The lowest BCUT2D eigenvalue weighted by molar-refractivity contribution is -0.121. The first-order chi connectivity index (χ1) is 8.40. The number of aromatic carboxylic acids is 1. The van der Waals surface area contributed by atoms with E-state index >= 15 is 0 Å². The molecular formula is C11H7F2NO4. The Morgan fingerprint density at radius 2 is 1.94 bits per heavy atom. The van der Waals surface area contributed by atoms with E-state index < -0.39 is 47.0 Å². The van der Waals surface area contributed by atoms with Gasteiger partial charge in [-0.15, -0.1) is 0 Å².